The highest BCUT2D eigenvalue weighted by Gasteiger charge is 2.43. The van der Waals surface area contributed by atoms with E-state index >= 15 is 0 Å². The molecule has 0 aliphatic heterocycles. The predicted octanol–water partition coefficient (Wildman–Crippen LogP) is 0.724. The SMILES string of the molecule is CNS(=O)(=O)C1CC(C)(C)C1. The third-order valence-electron chi connectivity index (χ3n) is 2.28. The minimum atomic E-state index is -2.98. The molecule has 1 rings (SSSR count). The van der Waals surface area contributed by atoms with Gasteiger partial charge in [0, 0.05) is 0 Å². The molecule has 11 heavy (non-hydrogen) atoms. The van der Waals surface area contributed by atoms with E-state index in [1.54, 1.807) is 0 Å². The molecule has 1 aliphatic carbocycles. The molecule has 66 valence electrons. The molecule has 0 spiro atoms. The molecule has 0 heterocycles. The van der Waals surface area contributed by atoms with Crippen molar-refractivity contribution in [3.63, 3.8) is 0 Å². The predicted molar refractivity (Wildman–Crippen MR) is 44.8 cm³/mol. The largest absolute Gasteiger partial charge is 0.218 e. The lowest BCUT2D eigenvalue weighted by Gasteiger charge is -2.41. The first-order valence-electron chi connectivity index (χ1n) is 3.80. The van der Waals surface area contributed by atoms with Gasteiger partial charge in [0.15, 0.2) is 0 Å². The van der Waals surface area contributed by atoms with Gasteiger partial charge in [-0.15, -0.1) is 0 Å². The first kappa shape index (κ1) is 9.00. The fourth-order valence-corrected chi connectivity index (χ4v) is 3.23. The van der Waals surface area contributed by atoms with Gasteiger partial charge in [0.2, 0.25) is 10.0 Å². The van der Waals surface area contributed by atoms with Crippen LogP contribution in [-0.2, 0) is 10.0 Å². The Hall–Kier alpha value is -0.0900. The molecule has 1 fully saturated rings. The third-order valence-corrected chi connectivity index (χ3v) is 4.06. The third kappa shape index (κ3) is 1.73. The van der Waals surface area contributed by atoms with Crippen LogP contribution in [0.1, 0.15) is 26.7 Å². The first-order valence-corrected chi connectivity index (χ1v) is 5.34. The minimum absolute atomic E-state index is 0.150. The highest BCUT2D eigenvalue weighted by atomic mass is 32.2. The Kier molecular flexibility index (Phi) is 2.01. The summed E-state index contributed by atoms with van der Waals surface area (Å²) >= 11 is 0. The van der Waals surface area contributed by atoms with Crippen molar-refractivity contribution in [2.45, 2.75) is 31.9 Å². The zero-order valence-electron chi connectivity index (χ0n) is 7.22. The van der Waals surface area contributed by atoms with Gasteiger partial charge in [-0.05, 0) is 25.3 Å². The highest BCUT2D eigenvalue weighted by molar-refractivity contribution is 7.90. The van der Waals surface area contributed by atoms with Crippen molar-refractivity contribution in [2.24, 2.45) is 5.41 Å². The Labute approximate surface area is 68.2 Å². The van der Waals surface area contributed by atoms with Gasteiger partial charge in [-0.1, -0.05) is 13.8 Å². The van der Waals surface area contributed by atoms with Gasteiger partial charge in [0.1, 0.15) is 0 Å². The van der Waals surface area contributed by atoms with Crippen molar-refractivity contribution in [3.05, 3.63) is 0 Å². The summed E-state index contributed by atoms with van der Waals surface area (Å²) in [5.74, 6) is 0. The van der Waals surface area contributed by atoms with Gasteiger partial charge in [0.25, 0.3) is 0 Å². The van der Waals surface area contributed by atoms with Gasteiger partial charge in [-0.2, -0.15) is 0 Å². The lowest BCUT2D eigenvalue weighted by atomic mass is 9.72. The monoisotopic (exact) mass is 177 g/mol. The Morgan fingerprint density at radius 3 is 2.09 bits per heavy atom. The van der Waals surface area contributed by atoms with Crippen LogP contribution in [0.5, 0.6) is 0 Å². The van der Waals surface area contributed by atoms with Crippen molar-refractivity contribution < 1.29 is 8.42 Å². The zero-order valence-corrected chi connectivity index (χ0v) is 8.03. The van der Waals surface area contributed by atoms with Crippen LogP contribution in [0.4, 0.5) is 0 Å². The number of sulfonamides is 1. The molecule has 4 heteroatoms. The molecule has 1 saturated carbocycles. The quantitative estimate of drug-likeness (QED) is 0.675. The Balaban J connectivity index is 2.58. The molecule has 0 bridgehead atoms. The maximum atomic E-state index is 11.2. The molecule has 0 aromatic carbocycles. The van der Waals surface area contributed by atoms with Crippen LogP contribution in [0.3, 0.4) is 0 Å². The lowest BCUT2D eigenvalue weighted by molar-refractivity contribution is 0.193. The average molecular weight is 177 g/mol. The number of nitrogens with one attached hydrogen (secondary N) is 1. The molecular weight excluding hydrogens is 162 g/mol. The first-order chi connectivity index (χ1) is 4.87. The van der Waals surface area contributed by atoms with Crippen LogP contribution in [0.15, 0.2) is 0 Å². The average Bonchev–Trinajstić information content (AvgIpc) is 1.83. The normalized spacial score (nSPS) is 24.6. The van der Waals surface area contributed by atoms with Crippen molar-refractivity contribution >= 4 is 10.0 Å². The van der Waals surface area contributed by atoms with Gasteiger partial charge >= 0.3 is 0 Å². The Morgan fingerprint density at radius 1 is 1.36 bits per heavy atom. The zero-order chi connectivity index (χ0) is 8.70. The Bertz CT molecular complexity index is 235. The number of rotatable bonds is 2. The topological polar surface area (TPSA) is 46.2 Å². The van der Waals surface area contributed by atoms with Crippen molar-refractivity contribution in [2.75, 3.05) is 7.05 Å². The number of hydrogen-bond donors (Lipinski definition) is 1. The van der Waals surface area contributed by atoms with Crippen molar-refractivity contribution in [1.29, 1.82) is 0 Å². The van der Waals surface area contributed by atoms with Crippen LogP contribution in [0.2, 0.25) is 0 Å². The van der Waals surface area contributed by atoms with Crippen LogP contribution < -0.4 is 4.72 Å². The van der Waals surface area contributed by atoms with E-state index in [0.29, 0.717) is 0 Å². The molecule has 0 unspecified atom stereocenters. The maximum absolute atomic E-state index is 11.2. The molecule has 0 aromatic heterocycles. The summed E-state index contributed by atoms with van der Waals surface area (Å²) in [7, 11) is -1.51. The molecule has 1 N–H and O–H groups in total. The summed E-state index contributed by atoms with van der Waals surface area (Å²) in [4.78, 5) is 0. The van der Waals surface area contributed by atoms with Crippen molar-refractivity contribution in [3.8, 4) is 0 Å². The summed E-state index contributed by atoms with van der Waals surface area (Å²) in [6, 6.07) is 0. The minimum Gasteiger partial charge on any atom is -0.218 e. The van der Waals surface area contributed by atoms with Gasteiger partial charge < -0.3 is 0 Å². The van der Waals surface area contributed by atoms with Crippen LogP contribution in [0.25, 0.3) is 0 Å². The highest BCUT2D eigenvalue weighted by Crippen LogP contribution is 2.43. The van der Waals surface area contributed by atoms with E-state index in [1.807, 2.05) is 0 Å². The summed E-state index contributed by atoms with van der Waals surface area (Å²) in [5, 5.41) is -0.150. The molecule has 0 atom stereocenters. The van der Waals surface area contributed by atoms with Gasteiger partial charge in [-0.25, -0.2) is 13.1 Å². The van der Waals surface area contributed by atoms with Crippen molar-refractivity contribution in [1.82, 2.24) is 4.72 Å². The summed E-state index contributed by atoms with van der Waals surface area (Å²) in [6.45, 7) is 4.18. The molecule has 0 aromatic rings. The van der Waals surface area contributed by atoms with E-state index in [9.17, 15) is 8.42 Å². The summed E-state index contributed by atoms with van der Waals surface area (Å²) < 4.78 is 24.7. The molecule has 0 amide bonds. The van der Waals surface area contributed by atoms with E-state index in [-0.39, 0.29) is 10.7 Å². The van der Waals surface area contributed by atoms with Gasteiger partial charge in [0.05, 0.1) is 5.25 Å². The van der Waals surface area contributed by atoms with E-state index in [1.165, 1.54) is 7.05 Å². The second-order valence-electron chi connectivity index (χ2n) is 3.94. The Morgan fingerprint density at radius 2 is 1.82 bits per heavy atom. The maximum Gasteiger partial charge on any atom is 0.214 e. The lowest BCUT2D eigenvalue weighted by Crippen LogP contribution is -2.45. The smallest absolute Gasteiger partial charge is 0.214 e. The van der Waals surface area contributed by atoms with E-state index in [4.69, 9.17) is 0 Å². The molecule has 0 radical (unpaired) electrons. The second-order valence-corrected chi connectivity index (χ2v) is 6.11. The van der Waals surface area contributed by atoms with Crippen LogP contribution in [0, 0.1) is 5.41 Å². The molecule has 3 nitrogen and oxygen atoms in total. The molecule has 0 saturated heterocycles. The van der Waals surface area contributed by atoms with Gasteiger partial charge in [-0.3, -0.25) is 0 Å². The standard InChI is InChI=1S/C7H15NO2S/c1-7(2)4-6(5-7)11(9,10)8-3/h6,8H,4-5H2,1-3H3. The van der Waals surface area contributed by atoms with E-state index in [2.05, 4.69) is 18.6 Å². The molecule has 1 aliphatic rings. The fraction of sp³-hybridized carbons (Fsp3) is 1.00. The number of hydrogen-bond acceptors (Lipinski definition) is 2. The fourth-order valence-electron chi connectivity index (χ4n) is 1.56. The summed E-state index contributed by atoms with van der Waals surface area (Å²) in [5.41, 5.74) is 0.231. The molecular formula is C7H15NO2S. The van der Waals surface area contributed by atoms with Crippen LogP contribution >= 0.6 is 0 Å². The van der Waals surface area contributed by atoms with E-state index in [0.717, 1.165) is 12.8 Å². The second kappa shape index (κ2) is 2.45. The summed E-state index contributed by atoms with van der Waals surface area (Å²) in [6.07, 6.45) is 1.58. The van der Waals surface area contributed by atoms with E-state index < -0.39 is 10.0 Å². The van der Waals surface area contributed by atoms with Crippen LogP contribution in [-0.4, -0.2) is 20.7 Å².